The number of fused-ring (bicyclic) bond motifs is 5. The molecule has 1 aromatic carbocycles. The van der Waals surface area contributed by atoms with Gasteiger partial charge in [-0.15, -0.1) is 0 Å². The topological polar surface area (TPSA) is 76.2 Å². The van der Waals surface area contributed by atoms with E-state index >= 15 is 0 Å². The Bertz CT molecular complexity index is 891. The average molecular weight is 357 g/mol. The molecule has 0 saturated heterocycles. The maximum Gasteiger partial charge on any atom is 0.303 e. The minimum absolute atomic E-state index is 0.234. The molecule has 2 aliphatic carbocycles. The largest absolute Gasteiger partial charge is 0.481 e. The summed E-state index contributed by atoms with van der Waals surface area (Å²) in [5.41, 5.74) is 11.9. The van der Waals surface area contributed by atoms with Crippen LogP contribution in [0.5, 0.6) is 0 Å². The van der Waals surface area contributed by atoms with E-state index in [4.69, 9.17) is 27.4 Å². The smallest absolute Gasteiger partial charge is 0.303 e. The SMILES string of the molecule is Nc1c2c(nc3cc(Cl)ccc13)CC1C=C(CCCC(=O)O)CC2C1. The second-order valence-electron chi connectivity index (χ2n) is 7.22. The molecule has 0 aliphatic heterocycles. The number of nitrogens with two attached hydrogens (primary N) is 1. The first-order valence-corrected chi connectivity index (χ1v) is 9.18. The molecule has 2 aliphatic rings. The first-order valence-electron chi connectivity index (χ1n) is 8.80. The molecule has 5 heteroatoms. The van der Waals surface area contributed by atoms with Crippen molar-refractivity contribution in [2.45, 2.75) is 44.4 Å². The van der Waals surface area contributed by atoms with Crippen molar-refractivity contribution in [3.8, 4) is 0 Å². The molecule has 1 aromatic heterocycles. The van der Waals surface area contributed by atoms with Gasteiger partial charge in [-0.2, -0.15) is 0 Å². The minimum Gasteiger partial charge on any atom is -0.481 e. The van der Waals surface area contributed by atoms with E-state index in [1.54, 1.807) is 0 Å². The lowest BCUT2D eigenvalue weighted by Gasteiger charge is -2.36. The van der Waals surface area contributed by atoms with E-state index in [1.807, 2.05) is 18.2 Å². The molecule has 0 radical (unpaired) electrons. The van der Waals surface area contributed by atoms with E-state index in [-0.39, 0.29) is 6.42 Å². The van der Waals surface area contributed by atoms with Crippen LogP contribution in [0.3, 0.4) is 0 Å². The highest BCUT2D eigenvalue weighted by atomic mass is 35.5. The number of aliphatic carboxylic acids is 1. The summed E-state index contributed by atoms with van der Waals surface area (Å²) in [6, 6.07) is 5.70. The molecule has 0 amide bonds. The van der Waals surface area contributed by atoms with Gasteiger partial charge in [-0.05, 0) is 62.1 Å². The summed E-state index contributed by atoms with van der Waals surface area (Å²) in [5, 5.41) is 10.5. The molecule has 0 spiro atoms. The van der Waals surface area contributed by atoms with E-state index < -0.39 is 5.97 Å². The van der Waals surface area contributed by atoms with Crippen LogP contribution in [0.2, 0.25) is 5.02 Å². The van der Waals surface area contributed by atoms with Crippen molar-refractivity contribution in [2.24, 2.45) is 5.92 Å². The highest BCUT2D eigenvalue weighted by Gasteiger charge is 2.33. The zero-order valence-corrected chi connectivity index (χ0v) is 14.7. The van der Waals surface area contributed by atoms with Crippen LogP contribution in [0.4, 0.5) is 5.69 Å². The van der Waals surface area contributed by atoms with E-state index in [2.05, 4.69) is 6.08 Å². The van der Waals surface area contributed by atoms with Gasteiger partial charge in [-0.1, -0.05) is 23.3 Å². The standard InChI is InChI=1S/C20H21ClN2O2/c21-14-4-5-15-16(10-14)23-17-9-12-6-11(2-1-3-18(24)25)7-13(8-12)19(17)20(15)22/h4-6,10,12-13H,1-3,7-9H2,(H2,22,23)(H,24,25). The van der Waals surface area contributed by atoms with E-state index in [9.17, 15) is 4.79 Å². The molecule has 4 nitrogen and oxygen atoms in total. The summed E-state index contributed by atoms with van der Waals surface area (Å²) in [4.78, 5) is 15.6. The Morgan fingerprint density at radius 2 is 2.20 bits per heavy atom. The van der Waals surface area contributed by atoms with Crippen LogP contribution in [0.25, 0.3) is 10.9 Å². The number of pyridine rings is 1. The lowest BCUT2D eigenvalue weighted by atomic mass is 9.70. The van der Waals surface area contributed by atoms with Crippen molar-refractivity contribution < 1.29 is 9.90 Å². The Hall–Kier alpha value is -2.07. The molecule has 4 rings (SSSR count). The summed E-state index contributed by atoms with van der Waals surface area (Å²) in [5.74, 6) is 0.154. The number of halogens is 1. The van der Waals surface area contributed by atoms with Crippen molar-refractivity contribution in [1.82, 2.24) is 4.98 Å². The predicted octanol–water partition coefficient (Wildman–Crippen LogP) is 4.70. The maximum atomic E-state index is 10.7. The van der Waals surface area contributed by atoms with Gasteiger partial charge < -0.3 is 10.8 Å². The van der Waals surface area contributed by atoms with Crippen LogP contribution in [0, 0.1) is 5.92 Å². The molecular weight excluding hydrogens is 336 g/mol. The third-order valence-corrected chi connectivity index (χ3v) is 5.66. The maximum absolute atomic E-state index is 10.7. The number of nitrogens with zero attached hydrogens (tertiary/aromatic N) is 1. The Morgan fingerprint density at radius 1 is 1.36 bits per heavy atom. The summed E-state index contributed by atoms with van der Waals surface area (Å²) >= 11 is 6.11. The number of aromatic nitrogens is 1. The molecule has 25 heavy (non-hydrogen) atoms. The number of benzene rings is 1. The number of anilines is 1. The number of rotatable bonds is 4. The average Bonchev–Trinajstić information content (AvgIpc) is 2.53. The lowest BCUT2D eigenvalue weighted by Crippen LogP contribution is -2.24. The Labute approximate surface area is 151 Å². The van der Waals surface area contributed by atoms with E-state index in [0.29, 0.717) is 23.3 Å². The molecule has 3 N–H and O–H groups in total. The molecule has 2 bridgehead atoms. The van der Waals surface area contributed by atoms with Gasteiger partial charge in [-0.3, -0.25) is 9.78 Å². The van der Waals surface area contributed by atoms with Gasteiger partial charge in [0, 0.05) is 33.8 Å². The van der Waals surface area contributed by atoms with E-state index in [0.717, 1.165) is 48.0 Å². The van der Waals surface area contributed by atoms with Crippen molar-refractivity contribution >= 4 is 34.2 Å². The monoisotopic (exact) mass is 356 g/mol. The van der Waals surface area contributed by atoms with Gasteiger partial charge in [-0.25, -0.2) is 0 Å². The molecule has 2 atom stereocenters. The number of nitrogen functional groups attached to an aromatic ring is 1. The van der Waals surface area contributed by atoms with Gasteiger partial charge in [0.25, 0.3) is 0 Å². The Kier molecular flexibility index (Phi) is 4.16. The predicted molar refractivity (Wildman–Crippen MR) is 99.9 cm³/mol. The van der Waals surface area contributed by atoms with Crippen LogP contribution in [-0.2, 0) is 11.2 Å². The molecule has 0 fully saturated rings. The highest BCUT2D eigenvalue weighted by Crippen LogP contribution is 2.47. The number of allylic oxidation sites excluding steroid dienone is 2. The third-order valence-electron chi connectivity index (χ3n) is 5.43. The summed E-state index contributed by atoms with van der Waals surface area (Å²) < 4.78 is 0. The first-order chi connectivity index (χ1) is 12.0. The fourth-order valence-electron chi connectivity index (χ4n) is 4.44. The van der Waals surface area contributed by atoms with Gasteiger partial charge in [0.15, 0.2) is 0 Å². The number of carboxylic acid groups (broad SMARTS) is 1. The second-order valence-corrected chi connectivity index (χ2v) is 7.66. The van der Waals surface area contributed by atoms with Gasteiger partial charge in [0.1, 0.15) is 0 Å². The van der Waals surface area contributed by atoms with Gasteiger partial charge in [0.05, 0.1) is 5.52 Å². The number of hydrogen-bond acceptors (Lipinski definition) is 3. The number of carboxylic acids is 1. The molecule has 1 heterocycles. The zero-order valence-electron chi connectivity index (χ0n) is 14.0. The second kappa shape index (κ2) is 6.34. The quantitative estimate of drug-likeness (QED) is 0.778. The fraction of sp³-hybridized carbons (Fsp3) is 0.400. The molecule has 130 valence electrons. The normalized spacial score (nSPS) is 21.7. The minimum atomic E-state index is -0.722. The Morgan fingerprint density at radius 3 is 3.00 bits per heavy atom. The number of hydrogen-bond donors (Lipinski definition) is 2. The van der Waals surface area contributed by atoms with Crippen molar-refractivity contribution in [3.05, 3.63) is 46.1 Å². The highest BCUT2D eigenvalue weighted by molar-refractivity contribution is 6.31. The summed E-state index contributed by atoms with van der Waals surface area (Å²) in [7, 11) is 0. The molecule has 2 unspecified atom stereocenters. The third kappa shape index (κ3) is 3.11. The summed E-state index contributed by atoms with van der Waals surface area (Å²) in [6.07, 6.45) is 7.14. The fourth-order valence-corrected chi connectivity index (χ4v) is 4.61. The zero-order chi connectivity index (χ0) is 17.6. The molecular formula is C20H21ClN2O2. The first kappa shape index (κ1) is 16.4. The Balaban J connectivity index is 1.66. The van der Waals surface area contributed by atoms with Crippen molar-refractivity contribution in [2.75, 3.05) is 5.73 Å². The molecule has 2 aromatic rings. The van der Waals surface area contributed by atoms with Crippen molar-refractivity contribution in [1.29, 1.82) is 0 Å². The van der Waals surface area contributed by atoms with Crippen LogP contribution in [0.1, 0.15) is 49.3 Å². The van der Waals surface area contributed by atoms with Crippen LogP contribution >= 0.6 is 11.6 Å². The lowest BCUT2D eigenvalue weighted by molar-refractivity contribution is -0.137. The van der Waals surface area contributed by atoms with Crippen LogP contribution in [-0.4, -0.2) is 16.1 Å². The molecule has 0 saturated carbocycles. The van der Waals surface area contributed by atoms with Gasteiger partial charge >= 0.3 is 5.97 Å². The number of carbonyl (C=O) groups is 1. The van der Waals surface area contributed by atoms with Gasteiger partial charge in [0.2, 0.25) is 0 Å². The van der Waals surface area contributed by atoms with Crippen LogP contribution < -0.4 is 5.73 Å². The summed E-state index contributed by atoms with van der Waals surface area (Å²) in [6.45, 7) is 0. The van der Waals surface area contributed by atoms with Crippen LogP contribution in [0.15, 0.2) is 29.8 Å². The van der Waals surface area contributed by atoms with Crippen molar-refractivity contribution in [3.63, 3.8) is 0 Å². The van der Waals surface area contributed by atoms with E-state index in [1.165, 1.54) is 11.1 Å².